The Hall–Kier alpha value is -1.13. The van der Waals surface area contributed by atoms with E-state index >= 15 is 0 Å². The molecule has 0 aromatic carbocycles. The van der Waals surface area contributed by atoms with Crippen LogP contribution >= 0.6 is 0 Å². The summed E-state index contributed by atoms with van der Waals surface area (Å²) in [5.41, 5.74) is 0. The van der Waals surface area contributed by atoms with Crippen molar-refractivity contribution < 1.29 is 19.0 Å². The van der Waals surface area contributed by atoms with Crippen molar-refractivity contribution in [1.29, 1.82) is 0 Å². The standard InChI is InChI=1S/C6H8O3.C5H8O/c1-2-6(7)9-4-5-3-8-5;1-2-3-5-4-6-5/h2,5H,1,3-4H2;2,5H,1,3-4H2. The summed E-state index contributed by atoms with van der Waals surface area (Å²) in [7, 11) is 0. The van der Waals surface area contributed by atoms with Crippen LogP contribution < -0.4 is 0 Å². The molecule has 0 aliphatic carbocycles. The molecule has 2 saturated heterocycles. The number of carbonyl (C=O) groups is 1. The van der Waals surface area contributed by atoms with Crippen LogP contribution in [0.25, 0.3) is 0 Å². The van der Waals surface area contributed by atoms with Gasteiger partial charge in [0.2, 0.25) is 0 Å². The Morgan fingerprint density at radius 3 is 2.27 bits per heavy atom. The van der Waals surface area contributed by atoms with E-state index in [0.29, 0.717) is 19.3 Å². The first kappa shape index (κ1) is 11.9. The topological polar surface area (TPSA) is 51.4 Å². The van der Waals surface area contributed by atoms with Crippen molar-refractivity contribution in [1.82, 2.24) is 0 Å². The lowest BCUT2D eigenvalue weighted by Gasteiger charge is -1.94. The van der Waals surface area contributed by atoms with Gasteiger partial charge in [-0.1, -0.05) is 12.7 Å². The largest absolute Gasteiger partial charge is 0.460 e. The predicted octanol–water partition coefficient (Wildman–Crippen LogP) is 1.08. The molecule has 2 aliphatic heterocycles. The van der Waals surface area contributed by atoms with Gasteiger partial charge in [0.25, 0.3) is 0 Å². The molecule has 84 valence electrons. The average molecular weight is 212 g/mol. The SMILES string of the molecule is C=CC(=O)OCC1CO1.C=CCC1CO1. The monoisotopic (exact) mass is 212 g/mol. The lowest BCUT2D eigenvalue weighted by atomic mass is 10.3. The van der Waals surface area contributed by atoms with Gasteiger partial charge >= 0.3 is 5.97 Å². The van der Waals surface area contributed by atoms with Gasteiger partial charge < -0.3 is 14.2 Å². The van der Waals surface area contributed by atoms with Crippen molar-refractivity contribution in [3.63, 3.8) is 0 Å². The van der Waals surface area contributed by atoms with Crippen molar-refractivity contribution in [2.24, 2.45) is 0 Å². The first-order valence-electron chi connectivity index (χ1n) is 4.89. The number of esters is 1. The second-order valence-corrected chi connectivity index (χ2v) is 3.27. The summed E-state index contributed by atoms with van der Waals surface area (Å²) in [6.07, 6.45) is 4.73. The average Bonchev–Trinajstić information content (AvgIpc) is 3.09. The van der Waals surface area contributed by atoms with Crippen LogP contribution in [0.2, 0.25) is 0 Å². The molecule has 2 rings (SSSR count). The second-order valence-electron chi connectivity index (χ2n) is 3.27. The molecule has 2 heterocycles. The Morgan fingerprint density at radius 2 is 1.93 bits per heavy atom. The molecule has 0 aromatic heterocycles. The van der Waals surface area contributed by atoms with E-state index in [-0.39, 0.29) is 12.1 Å². The van der Waals surface area contributed by atoms with Gasteiger partial charge in [-0.25, -0.2) is 4.79 Å². The van der Waals surface area contributed by atoms with Gasteiger partial charge in [-0.15, -0.1) is 6.58 Å². The fourth-order valence-corrected chi connectivity index (χ4v) is 0.788. The van der Waals surface area contributed by atoms with Gasteiger partial charge in [0.15, 0.2) is 0 Å². The maximum Gasteiger partial charge on any atom is 0.330 e. The Labute approximate surface area is 89.5 Å². The molecule has 0 spiro atoms. The lowest BCUT2D eigenvalue weighted by Crippen LogP contribution is -2.06. The molecule has 15 heavy (non-hydrogen) atoms. The molecule has 0 N–H and O–H groups in total. The molecule has 0 amide bonds. The summed E-state index contributed by atoms with van der Waals surface area (Å²) in [6, 6.07) is 0. The molecule has 0 bridgehead atoms. The smallest absolute Gasteiger partial charge is 0.330 e. The minimum Gasteiger partial charge on any atom is -0.460 e. The fourth-order valence-electron chi connectivity index (χ4n) is 0.788. The summed E-state index contributed by atoms with van der Waals surface area (Å²) in [6.45, 7) is 8.83. The maximum atomic E-state index is 10.3. The van der Waals surface area contributed by atoms with Crippen LogP contribution in [-0.4, -0.2) is 38.0 Å². The molecular weight excluding hydrogens is 196 g/mol. The number of hydrogen-bond donors (Lipinski definition) is 0. The first-order chi connectivity index (χ1) is 7.26. The summed E-state index contributed by atoms with van der Waals surface area (Å²) < 4.78 is 14.3. The maximum absolute atomic E-state index is 10.3. The normalized spacial score (nSPS) is 25.6. The predicted molar refractivity (Wildman–Crippen MR) is 55.5 cm³/mol. The van der Waals surface area contributed by atoms with Crippen molar-refractivity contribution in [2.75, 3.05) is 19.8 Å². The van der Waals surface area contributed by atoms with Crippen molar-refractivity contribution in [3.8, 4) is 0 Å². The molecule has 2 fully saturated rings. The highest BCUT2D eigenvalue weighted by molar-refractivity contribution is 5.81. The lowest BCUT2D eigenvalue weighted by molar-refractivity contribution is -0.138. The summed E-state index contributed by atoms with van der Waals surface area (Å²) >= 11 is 0. The van der Waals surface area contributed by atoms with Crippen molar-refractivity contribution in [2.45, 2.75) is 18.6 Å². The Balaban J connectivity index is 0.000000162. The van der Waals surface area contributed by atoms with Gasteiger partial charge in [0.1, 0.15) is 12.7 Å². The number of ether oxygens (including phenoxy) is 3. The van der Waals surface area contributed by atoms with Gasteiger partial charge in [0.05, 0.1) is 19.3 Å². The van der Waals surface area contributed by atoms with Crippen molar-refractivity contribution in [3.05, 3.63) is 25.3 Å². The molecular formula is C11H16O4. The number of epoxide rings is 2. The van der Waals surface area contributed by atoms with Crippen LogP contribution in [-0.2, 0) is 19.0 Å². The third kappa shape index (κ3) is 6.88. The Bertz CT molecular complexity index is 229. The van der Waals surface area contributed by atoms with Crippen LogP contribution in [0.5, 0.6) is 0 Å². The summed E-state index contributed by atoms with van der Waals surface area (Å²) in [5.74, 6) is -0.384. The van der Waals surface area contributed by atoms with Crippen LogP contribution in [0.15, 0.2) is 25.3 Å². The molecule has 0 radical (unpaired) electrons. The fraction of sp³-hybridized carbons (Fsp3) is 0.545. The number of rotatable bonds is 5. The minimum absolute atomic E-state index is 0.147. The highest BCUT2D eigenvalue weighted by Crippen LogP contribution is 2.12. The second kappa shape index (κ2) is 6.37. The molecule has 0 saturated carbocycles. The molecule has 4 nitrogen and oxygen atoms in total. The van der Waals surface area contributed by atoms with Crippen LogP contribution in [0, 0.1) is 0 Å². The number of hydrogen-bond acceptors (Lipinski definition) is 4. The zero-order chi connectivity index (χ0) is 11.1. The van der Waals surface area contributed by atoms with Gasteiger partial charge in [-0.05, 0) is 6.42 Å². The first-order valence-corrected chi connectivity index (χ1v) is 4.89. The van der Waals surface area contributed by atoms with E-state index in [1.807, 2.05) is 6.08 Å². The zero-order valence-electron chi connectivity index (χ0n) is 8.69. The summed E-state index contributed by atoms with van der Waals surface area (Å²) in [5, 5.41) is 0. The Kier molecular flexibility index (Phi) is 5.07. The Morgan fingerprint density at radius 1 is 1.33 bits per heavy atom. The van der Waals surface area contributed by atoms with E-state index < -0.39 is 0 Å². The highest BCUT2D eigenvalue weighted by atomic mass is 16.6. The molecule has 0 aromatic rings. The van der Waals surface area contributed by atoms with Crippen LogP contribution in [0.3, 0.4) is 0 Å². The van der Waals surface area contributed by atoms with E-state index in [1.165, 1.54) is 0 Å². The summed E-state index contributed by atoms with van der Waals surface area (Å²) in [4.78, 5) is 10.3. The van der Waals surface area contributed by atoms with Crippen LogP contribution in [0.4, 0.5) is 0 Å². The van der Waals surface area contributed by atoms with E-state index in [0.717, 1.165) is 19.1 Å². The van der Waals surface area contributed by atoms with E-state index in [9.17, 15) is 4.79 Å². The van der Waals surface area contributed by atoms with Gasteiger partial charge in [0, 0.05) is 6.08 Å². The number of carbonyl (C=O) groups excluding carboxylic acids is 1. The molecule has 2 unspecified atom stereocenters. The van der Waals surface area contributed by atoms with E-state index in [4.69, 9.17) is 9.47 Å². The van der Waals surface area contributed by atoms with Crippen molar-refractivity contribution >= 4 is 5.97 Å². The third-order valence-electron chi connectivity index (χ3n) is 1.81. The molecule has 4 heteroatoms. The third-order valence-corrected chi connectivity index (χ3v) is 1.81. The van der Waals surface area contributed by atoms with E-state index in [2.05, 4.69) is 17.9 Å². The zero-order valence-corrected chi connectivity index (χ0v) is 8.69. The minimum atomic E-state index is -0.384. The molecule has 2 aliphatic rings. The van der Waals surface area contributed by atoms with Gasteiger partial charge in [-0.3, -0.25) is 0 Å². The van der Waals surface area contributed by atoms with E-state index in [1.54, 1.807) is 0 Å². The van der Waals surface area contributed by atoms with Crippen LogP contribution in [0.1, 0.15) is 6.42 Å². The van der Waals surface area contributed by atoms with Gasteiger partial charge in [-0.2, -0.15) is 0 Å². The highest BCUT2D eigenvalue weighted by Gasteiger charge is 2.23. The quantitative estimate of drug-likeness (QED) is 0.296. The molecule has 2 atom stereocenters.